The third kappa shape index (κ3) is 2.43. The second kappa shape index (κ2) is 5.43. The van der Waals surface area contributed by atoms with Gasteiger partial charge >= 0.3 is 0 Å². The molecule has 0 aliphatic heterocycles. The van der Waals surface area contributed by atoms with Gasteiger partial charge in [0.1, 0.15) is 12.2 Å². The Balaban J connectivity index is 2.05. The Hall–Kier alpha value is -0.900. The molecule has 4 heteroatoms. The summed E-state index contributed by atoms with van der Waals surface area (Å²) in [4.78, 5) is 0. The molecule has 0 aromatic carbocycles. The van der Waals surface area contributed by atoms with Crippen molar-refractivity contribution in [2.24, 2.45) is 5.73 Å². The summed E-state index contributed by atoms with van der Waals surface area (Å²) in [5, 5.41) is 8.23. The number of hydrogen-bond donors (Lipinski definition) is 1. The summed E-state index contributed by atoms with van der Waals surface area (Å²) < 4.78 is 2.22. The molecule has 1 saturated carbocycles. The SMILES string of the molecule is CCCCC(N)c1nncn1C1CCCC1. The molecule has 0 bridgehead atoms. The highest BCUT2D eigenvalue weighted by atomic mass is 15.3. The van der Waals surface area contributed by atoms with E-state index in [0.717, 1.165) is 12.2 Å². The fourth-order valence-electron chi connectivity index (χ4n) is 2.53. The first-order valence-corrected chi connectivity index (χ1v) is 6.48. The number of hydrogen-bond acceptors (Lipinski definition) is 3. The van der Waals surface area contributed by atoms with Gasteiger partial charge in [0.2, 0.25) is 0 Å². The van der Waals surface area contributed by atoms with E-state index in [0.29, 0.717) is 6.04 Å². The Bertz CT molecular complexity index is 315. The lowest BCUT2D eigenvalue weighted by Gasteiger charge is -2.17. The van der Waals surface area contributed by atoms with Crippen LogP contribution >= 0.6 is 0 Å². The molecule has 0 amide bonds. The predicted octanol–water partition coefficient (Wildman–Crippen LogP) is 2.58. The van der Waals surface area contributed by atoms with Crippen LogP contribution in [0.3, 0.4) is 0 Å². The molecule has 90 valence electrons. The van der Waals surface area contributed by atoms with Gasteiger partial charge in [0, 0.05) is 6.04 Å². The molecule has 1 unspecified atom stereocenters. The van der Waals surface area contributed by atoms with Crippen LogP contribution in [0, 0.1) is 0 Å². The quantitative estimate of drug-likeness (QED) is 0.833. The smallest absolute Gasteiger partial charge is 0.150 e. The zero-order chi connectivity index (χ0) is 11.4. The third-order valence-electron chi connectivity index (χ3n) is 3.52. The summed E-state index contributed by atoms with van der Waals surface area (Å²) >= 11 is 0. The van der Waals surface area contributed by atoms with E-state index in [1.165, 1.54) is 38.5 Å². The van der Waals surface area contributed by atoms with Crippen molar-refractivity contribution in [3.05, 3.63) is 12.2 Å². The predicted molar refractivity (Wildman–Crippen MR) is 64.0 cm³/mol. The van der Waals surface area contributed by atoms with E-state index < -0.39 is 0 Å². The Kier molecular flexibility index (Phi) is 3.93. The van der Waals surface area contributed by atoms with Gasteiger partial charge in [-0.1, -0.05) is 32.6 Å². The molecule has 2 N–H and O–H groups in total. The average Bonchev–Trinajstić information content (AvgIpc) is 2.94. The van der Waals surface area contributed by atoms with E-state index >= 15 is 0 Å². The van der Waals surface area contributed by atoms with Crippen LogP contribution in [0.5, 0.6) is 0 Å². The Morgan fingerprint density at radius 1 is 1.50 bits per heavy atom. The average molecular weight is 222 g/mol. The van der Waals surface area contributed by atoms with Gasteiger partial charge in [-0.25, -0.2) is 0 Å². The van der Waals surface area contributed by atoms with Crippen molar-refractivity contribution in [3.8, 4) is 0 Å². The molecule has 2 rings (SSSR count). The van der Waals surface area contributed by atoms with Gasteiger partial charge in [-0.05, 0) is 19.3 Å². The van der Waals surface area contributed by atoms with Crippen molar-refractivity contribution in [1.29, 1.82) is 0 Å². The standard InChI is InChI=1S/C12H22N4/c1-2-3-8-11(13)12-15-14-9-16(12)10-6-4-5-7-10/h9-11H,2-8,13H2,1H3. The van der Waals surface area contributed by atoms with E-state index in [1.54, 1.807) is 0 Å². The maximum absolute atomic E-state index is 6.17. The fourth-order valence-corrected chi connectivity index (χ4v) is 2.53. The number of aromatic nitrogens is 3. The van der Waals surface area contributed by atoms with Crippen LogP contribution in [0.15, 0.2) is 6.33 Å². The number of unbranched alkanes of at least 4 members (excludes halogenated alkanes) is 1. The molecular weight excluding hydrogens is 200 g/mol. The summed E-state index contributed by atoms with van der Waals surface area (Å²) in [7, 11) is 0. The molecule has 4 nitrogen and oxygen atoms in total. The van der Waals surface area contributed by atoms with Crippen molar-refractivity contribution < 1.29 is 0 Å². The first-order valence-electron chi connectivity index (χ1n) is 6.48. The lowest BCUT2D eigenvalue weighted by molar-refractivity contribution is 0.461. The van der Waals surface area contributed by atoms with Crippen molar-refractivity contribution in [1.82, 2.24) is 14.8 Å². The van der Waals surface area contributed by atoms with Crippen LogP contribution in [0.4, 0.5) is 0 Å². The first-order chi connectivity index (χ1) is 7.83. The molecule has 1 heterocycles. The van der Waals surface area contributed by atoms with Crippen LogP contribution in [-0.4, -0.2) is 14.8 Å². The highest BCUT2D eigenvalue weighted by Crippen LogP contribution is 2.31. The Labute approximate surface area is 97.2 Å². The minimum Gasteiger partial charge on any atom is -0.321 e. The van der Waals surface area contributed by atoms with Gasteiger partial charge in [0.15, 0.2) is 0 Å². The highest BCUT2D eigenvalue weighted by molar-refractivity contribution is 4.97. The van der Waals surface area contributed by atoms with Gasteiger partial charge in [0.25, 0.3) is 0 Å². The first kappa shape index (κ1) is 11.6. The van der Waals surface area contributed by atoms with Crippen LogP contribution < -0.4 is 5.73 Å². The minimum atomic E-state index is 0.0584. The molecule has 16 heavy (non-hydrogen) atoms. The summed E-state index contributed by atoms with van der Waals surface area (Å²) in [6.45, 7) is 2.19. The van der Waals surface area contributed by atoms with Crippen LogP contribution in [0.2, 0.25) is 0 Å². The Morgan fingerprint density at radius 2 is 2.25 bits per heavy atom. The van der Waals surface area contributed by atoms with Crippen LogP contribution in [0.25, 0.3) is 0 Å². The maximum atomic E-state index is 6.17. The molecular formula is C12H22N4. The van der Waals surface area contributed by atoms with Crippen molar-refractivity contribution in [3.63, 3.8) is 0 Å². The van der Waals surface area contributed by atoms with E-state index in [4.69, 9.17) is 5.73 Å². The normalized spacial score (nSPS) is 19.1. The molecule has 1 aliphatic carbocycles. The summed E-state index contributed by atoms with van der Waals surface area (Å²) in [6.07, 6.45) is 10.4. The highest BCUT2D eigenvalue weighted by Gasteiger charge is 2.22. The molecule has 0 radical (unpaired) electrons. The topological polar surface area (TPSA) is 56.7 Å². The lowest BCUT2D eigenvalue weighted by Crippen LogP contribution is -2.18. The minimum absolute atomic E-state index is 0.0584. The van der Waals surface area contributed by atoms with Gasteiger partial charge < -0.3 is 10.3 Å². The second-order valence-corrected chi connectivity index (χ2v) is 4.78. The maximum Gasteiger partial charge on any atom is 0.150 e. The zero-order valence-corrected chi connectivity index (χ0v) is 10.1. The molecule has 1 aromatic rings. The molecule has 1 aliphatic rings. The summed E-state index contributed by atoms with van der Waals surface area (Å²) in [5.74, 6) is 0.986. The van der Waals surface area contributed by atoms with Crippen molar-refractivity contribution >= 4 is 0 Å². The van der Waals surface area contributed by atoms with E-state index in [1.807, 2.05) is 6.33 Å². The van der Waals surface area contributed by atoms with Gasteiger partial charge in [-0.2, -0.15) is 0 Å². The van der Waals surface area contributed by atoms with E-state index in [-0.39, 0.29) is 6.04 Å². The second-order valence-electron chi connectivity index (χ2n) is 4.78. The third-order valence-corrected chi connectivity index (χ3v) is 3.52. The lowest BCUT2D eigenvalue weighted by atomic mass is 10.1. The zero-order valence-electron chi connectivity index (χ0n) is 10.1. The summed E-state index contributed by atoms with van der Waals surface area (Å²) in [6, 6.07) is 0.653. The molecule has 1 aromatic heterocycles. The molecule has 1 fully saturated rings. The van der Waals surface area contributed by atoms with Gasteiger partial charge in [-0.3, -0.25) is 0 Å². The largest absolute Gasteiger partial charge is 0.321 e. The molecule has 0 spiro atoms. The van der Waals surface area contributed by atoms with Gasteiger partial charge in [-0.15, -0.1) is 10.2 Å². The van der Waals surface area contributed by atoms with E-state index in [2.05, 4.69) is 21.7 Å². The van der Waals surface area contributed by atoms with Crippen LogP contribution in [-0.2, 0) is 0 Å². The summed E-state index contributed by atoms with van der Waals surface area (Å²) in [5.41, 5.74) is 6.17. The van der Waals surface area contributed by atoms with E-state index in [9.17, 15) is 0 Å². The van der Waals surface area contributed by atoms with Crippen LogP contribution in [0.1, 0.15) is 69.8 Å². The van der Waals surface area contributed by atoms with Crippen molar-refractivity contribution in [2.45, 2.75) is 64.0 Å². The Morgan fingerprint density at radius 3 is 2.94 bits per heavy atom. The molecule has 0 saturated heterocycles. The number of nitrogens with zero attached hydrogens (tertiary/aromatic N) is 3. The fraction of sp³-hybridized carbons (Fsp3) is 0.833. The van der Waals surface area contributed by atoms with Gasteiger partial charge in [0.05, 0.1) is 6.04 Å². The number of nitrogens with two attached hydrogens (primary N) is 1. The monoisotopic (exact) mass is 222 g/mol. The molecule has 1 atom stereocenters. The van der Waals surface area contributed by atoms with Crippen molar-refractivity contribution in [2.75, 3.05) is 0 Å². The number of rotatable bonds is 5.